The molecule has 0 spiro atoms. The van der Waals surface area contributed by atoms with Crippen molar-refractivity contribution in [3.63, 3.8) is 0 Å². The first-order valence-corrected chi connectivity index (χ1v) is 14.5. The maximum atomic E-state index is 13.0. The van der Waals surface area contributed by atoms with Crippen LogP contribution in [0.15, 0.2) is 36.5 Å². The van der Waals surface area contributed by atoms with Crippen LogP contribution in [-0.2, 0) is 47.7 Å². The minimum absolute atomic E-state index is 0.0395. The first kappa shape index (κ1) is 49.5. The van der Waals surface area contributed by atoms with Gasteiger partial charge >= 0.3 is 29.8 Å². The quantitative estimate of drug-likeness (QED) is 0.0676. The third-order valence-electron chi connectivity index (χ3n) is 5.04. The number of hydrogen-bond donors (Lipinski definition) is 0. The molecule has 17 heteroatoms. The van der Waals surface area contributed by atoms with Gasteiger partial charge in [-0.3, -0.25) is 0 Å². The smallest absolute Gasteiger partial charge is 0.347 e. The normalized spacial score (nSPS) is 12.1. The molecule has 10 nitrogen and oxygen atoms in total. The number of rotatable bonds is 17. The monoisotopic (exact) mass is 724 g/mol. The van der Waals surface area contributed by atoms with Gasteiger partial charge in [0.25, 0.3) is 17.8 Å². The summed E-state index contributed by atoms with van der Waals surface area (Å²) < 4.78 is 111. The van der Waals surface area contributed by atoms with Crippen molar-refractivity contribution in [3.8, 4) is 0 Å². The Morgan fingerprint density at radius 2 is 1.04 bits per heavy atom. The Morgan fingerprint density at radius 3 is 1.41 bits per heavy atom. The third-order valence-corrected chi connectivity index (χ3v) is 5.04. The van der Waals surface area contributed by atoms with Crippen molar-refractivity contribution in [3.05, 3.63) is 36.5 Å². The number of carbonyl (C=O) groups is 5. The summed E-state index contributed by atoms with van der Waals surface area (Å²) in [4.78, 5) is 55.3. The van der Waals surface area contributed by atoms with E-state index in [1.165, 1.54) is 20.8 Å². The molecule has 0 heterocycles. The Bertz CT molecular complexity index is 1150. The molecule has 0 aliphatic heterocycles. The second-order valence-electron chi connectivity index (χ2n) is 11.9. The van der Waals surface area contributed by atoms with Crippen LogP contribution in [0.5, 0.6) is 0 Å². The Kier molecular flexibility index (Phi) is 22.1. The molecule has 0 saturated heterocycles. The molecule has 0 rings (SSSR count). The van der Waals surface area contributed by atoms with Gasteiger partial charge in [0.05, 0.1) is 6.61 Å². The van der Waals surface area contributed by atoms with Crippen molar-refractivity contribution in [2.24, 2.45) is 5.92 Å². The summed E-state index contributed by atoms with van der Waals surface area (Å²) in [7, 11) is 0. The Hall–Kier alpha value is -3.92. The van der Waals surface area contributed by atoms with Gasteiger partial charge in [-0.2, -0.15) is 0 Å². The van der Waals surface area contributed by atoms with Gasteiger partial charge in [-0.15, -0.1) is 0 Å². The molecule has 284 valence electrons. The Labute approximate surface area is 282 Å². The van der Waals surface area contributed by atoms with Crippen LogP contribution in [0, 0.1) is 5.92 Å². The van der Waals surface area contributed by atoms with Gasteiger partial charge in [-0.25, -0.2) is 54.7 Å². The van der Waals surface area contributed by atoms with Crippen LogP contribution in [0.1, 0.15) is 75.2 Å². The predicted octanol–water partition coefficient (Wildman–Crippen LogP) is 6.90. The fourth-order valence-electron chi connectivity index (χ4n) is 2.33. The highest BCUT2D eigenvalue weighted by molar-refractivity contribution is 5.89. The first-order chi connectivity index (χ1) is 21.8. The van der Waals surface area contributed by atoms with E-state index in [0.717, 1.165) is 13.8 Å². The zero-order valence-electron chi connectivity index (χ0n) is 29.2. The number of esters is 5. The summed E-state index contributed by atoms with van der Waals surface area (Å²) in [5.41, 5.74) is -2.26. The maximum absolute atomic E-state index is 13.0. The first-order valence-electron chi connectivity index (χ1n) is 14.5. The predicted molar refractivity (Wildman–Crippen MR) is 164 cm³/mol. The van der Waals surface area contributed by atoms with Crippen molar-refractivity contribution in [2.45, 2.75) is 105 Å². The Morgan fingerprint density at radius 1 is 0.633 bits per heavy atom. The van der Waals surface area contributed by atoms with Crippen molar-refractivity contribution in [1.82, 2.24) is 0 Å². The van der Waals surface area contributed by atoms with Crippen molar-refractivity contribution in [1.29, 1.82) is 0 Å². The minimum Gasteiger partial charge on any atom is -0.462 e. The summed E-state index contributed by atoms with van der Waals surface area (Å²) in [6, 6.07) is 0. The van der Waals surface area contributed by atoms with Crippen LogP contribution in [0.2, 0.25) is 0 Å². The molecule has 0 bridgehead atoms. The average Bonchev–Trinajstić information content (AvgIpc) is 2.91. The lowest BCUT2D eigenvalue weighted by Gasteiger charge is -2.26. The van der Waals surface area contributed by atoms with E-state index >= 15 is 0 Å². The van der Waals surface area contributed by atoms with E-state index in [9.17, 15) is 54.7 Å². The SMILES string of the molecule is C=C(C)C(=O)OC(CC(C)C)C(=O)OCC(C)(F)F.C=C(C)C(=O)OCC(=O)OCC(C)(F)F.C=C(C)C(=O)OCCC(F)(F)C(C)(C)F. The summed E-state index contributed by atoms with van der Waals surface area (Å²) in [5.74, 6) is -13.9. The lowest BCUT2D eigenvalue weighted by molar-refractivity contribution is -0.173. The molecular formula is C32H47F7O10. The summed E-state index contributed by atoms with van der Waals surface area (Å²) in [6.45, 7) is 17.3. The number of halogens is 7. The molecule has 0 saturated carbocycles. The number of hydrogen-bond acceptors (Lipinski definition) is 10. The highest BCUT2D eigenvalue weighted by Gasteiger charge is 2.47. The molecule has 0 aromatic heterocycles. The van der Waals surface area contributed by atoms with Gasteiger partial charge in [0.15, 0.2) is 31.6 Å². The largest absolute Gasteiger partial charge is 0.462 e. The van der Waals surface area contributed by atoms with Crippen molar-refractivity contribution < 1.29 is 78.4 Å². The van der Waals surface area contributed by atoms with Crippen LogP contribution in [0.25, 0.3) is 0 Å². The maximum Gasteiger partial charge on any atom is 0.347 e. The van der Waals surface area contributed by atoms with E-state index in [2.05, 4.69) is 38.7 Å². The molecular weight excluding hydrogens is 677 g/mol. The van der Waals surface area contributed by atoms with Gasteiger partial charge in [-0.1, -0.05) is 33.6 Å². The molecule has 0 aliphatic carbocycles. The molecule has 0 aliphatic rings. The third kappa shape index (κ3) is 27.7. The van der Waals surface area contributed by atoms with Gasteiger partial charge in [0.1, 0.15) is 0 Å². The second kappa shape index (κ2) is 21.9. The van der Waals surface area contributed by atoms with Crippen molar-refractivity contribution in [2.75, 3.05) is 26.4 Å². The van der Waals surface area contributed by atoms with Crippen LogP contribution in [0.4, 0.5) is 30.7 Å². The molecule has 0 N–H and O–H groups in total. The standard InChI is InChI=1S/C13H20F2O4.C10H15F3O2.C9H12F2O4/c1-8(2)6-10(19-11(16)9(3)4)12(17)18-7-13(5,14)15;1-7(2)8(14)15-6-5-10(12,13)9(3,4)11;1-6(2)8(13)14-4-7(12)15-5-9(3,10)11/h8,10H,3,6-7H2,1-2,4-5H3;1,5-6H2,2-4H3;1,4-5H2,2-3H3. The lowest BCUT2D eigenvalue weighted by atomic mass is 10.0. The van der Waals surface area contributed by atoms with Crippen LogP contribution in [0.3, 0.4) is 0 Å². The van der Waals surface area contributed by atoms with E-state index in [0.29, 0.717) is 13.8 Å². The van der Waals surface area contributed by atoms with Crippen molar-refractivity contribution >= 4 is 29.8 Å². The highest BCUT2D eigenvalue weighted by Crippen LogP contribution is 2.34. The van der Waals surface area contributed by atoms with E-state index < -0.39 is 92.2 Å². The molecule has 0 amide bonds. The zero-order valence-corrected chi connectivity index (χ0v) is 29.2. The molecule has 0 aromatic rings. The van der Waals surface area contributed by atoms with Gasteiger partial charge in [0.2, 0.25) is 0 Å². The van der Waals surface area contributed by atoms with Gasteiger partial charge < -0.3 is 23.7 Å². The molecule has 1 atom stereocenters. The Balaban J connectivity index is -0.000000655. The number of alkyl halides is 7. The van der Waals surface area contributed by atoms with Gasteiger partial charge in [-0.05, 0) is 47.0 Å². The molecule has 49 heavy (non-hydrogen) atoms. The molecule has 0 fully saturated rings. The van der Waals surface area contributed by atoms with Gasteiger partial charge in [0, 0.05) is 37.0 Å². The van der Waals surface area contributed by atoms with Crippen LogP contribution >= 0.6 is 0 Å². The topological polar surface area (TPSA) is 132 Å². The average molecular weight is 725 g/mol. The molecule has 0 radical (unpaired) electrons. The fraction of sp³-hybridized carbons (Fsp3) is 0.656. The fourth-order valence-corrected chi connectivity index (χ4v) is 2.33. The number of carbonyl (C=O) groups excluding carboxylic acids is 5. The summed E-state index contributed by atoms with van der Waals surface area (Å²) in [6.07, 6.45) is -1.82. The summed E-state index contributed by atoms with van der Waals surface area (Å²) in [5, 5.41) is 0. The lowest BCUT2D eigenvalue weighted by Crippen LogP contribution is -2.39. The van der Waals surface area contributed by atoms with E-state index in [4.69, 9.17) is 4.74 Å². The minimum atomic E-state index is -3.51. The second-order valence-corrected chi connectivity index (χ2v) is 11.9. The zero-order chi connectivity index (χ0) is 39.6. The molecule has 0 aromatic carbocycles. The molecule has 1 unspecified atom stereocenters. The highest BCUT2D eigenvalue weighted by atomic mass is 19.3. The number of ether oxygens (including phenoxy) is 5. The van der Waals surface area contributed by atoms with E-state index in [1.54, 1.807) is 0 Å². The van der Waals surface area contributed by atoms with Crippen LogP contribution in [-0.4, -0.2) is 85.8 Å². The van der Waals surface area contributed by atoms with E-state index in [-0.39, 0.29) is 29.1 Å². The van der Waals surface area contributed by atoms with E-state index in [1.807, 2.05) is 13.8 Å². The van der Waals surface area contributed by atoms with Crippen LogP contribution < -0.4 is 0 Å². The summed E-state index contributed by atoms with van der Waals surface area (Å²) >= 11 is 0.